The average molecular weight is 330 g/mol. The molecule has 3 nitrogen and oxygen atoms in total. The van der Waals surface area contributed by atoms with Crippen LogP contribution >= 0.6 is 11.6 Å². The van der Waals surface area contributed by atoms with Gasteiger partial charge in [-0.05, 0) is 37.1 Å². The molecule has 1 fully saturated rings. The van der Waals surface area contributed by atoms with Crippen molar-refractivity contribution in [1.29, 1.82) is 0 Å². The summed E-state index contributed by atoms with van der Waals surface area (Å²) >= 11 is 5.96. The number of nitrogens with one attached hydrogen (secondary N) is 1. The highest BCUT2D eigenvalue weighted by molar-refractivity contribution is 6.30. The zero-order valence-electron chi connectivity index (χ0n) is 13.1. The van der Waals surface area contributed by atoms with Crippen LogP contribution in [0, 0.1) is 0 Å². The molecule has 1 saturated carbocycles. The number of hydrogen-bond donors (Lipinski definition) is 1. The highest BCUT2D eigenvalue weighted by Gasteiger charge is 2.40. The third-order valence-electron chi connectivity index (χ3n) is 4.66. The Morgan fingerprint density at radius 2 is 2.00 bits per heavy atom. The second kappa shape index (κ2) is 6.63. The predicted molar refractivity (Wildman–Crippen MR) is 92.3 cm³/mol. The zero-order valence-corrected chi connectivity index (χ0v) is 13.9. The van der Waals surface area contributed by atoms with Crippen LogP contribution in [0.25, 0.3) is 0 Å². The van der Waals surface area contributed by atoms with E-state index >= 15 is 0 Å². The maximum absolute atomic E-state index is 12.4. The molecule has 0 radical (unpaired) electrons. The van der Waals surface area contributed by atoms with Crippen LogP contribution in [0.4, 0.5) is 0 Å². The second-order valence-corrected chi connectivity index (χ2v) is 6.46. The topological polar surface area (TPSA) is 38.3 Å². The Bertz CT molecular complexity index is 710. The number of carbonyl (C=O) groups excluding carboxylic acids is 1. The fourth-order valence-electron chi connectivity index (χ4n) is 3.21. The van der Waals surface area contributed by atoms with E-state index in [9.17, 15) is 4.79 Å². The Morgan fingerprint density at radius 1 is 1.22 bits per heavy atom. The fraction of sp³-hybridized carbons (Fsp3) is 0.316. The molecule has 4 heteroatoms. The lowest BCUT2D eigenvalue weighted by molar-refractivity contribution is 0.0927. The van der Waals surface area contributed by atoms with Crippen molar-refractivity contribution < 1.29 is 9.53 Å². The number of halogens is 1. The molecule has 0 spiro atoms. The standard InChI is InChI=1S/C19H20ClNO2/c1-23-17-9-3-2-8-16(17)19(10-5-11-19)13-21-18(22)14-6-4-7-15(20)12-14/h2-4,6-9,12H,5,10-11,13H2,1H3,(H,21,22). The number of hydrogen-bond acceptors (Lipinski definition) is 2. The summed E-state index contributed by atoms with van der Waals surface area (Å²) in [5.74, 6) is 0.804. The number of methoxy groups -OCH3 is 1. The minimum absolute atomic E-state index is 0.0269. The van der Waals surface area contributed by atoms with Crippen LogP contribution in [0.3, 0.4) is 0 Å². The van der Waals surface area contributed by atoms with Crippen molar-refractivity contribution in [3.63, 3.8) is 0 Å². The van der Waals surface area contributed by atoms with Gasteiger partial charge in [0.1, 0.15) is 5.75 Å². The van der Waals surface area contributed by atoms with Gasteiger partial charge in [0.05, 0.1) is 7.11 Å². The first kappa shape index (κ1) is 15.9. The molecule has 2 aromatic carbocycles. The van der Waals surface area contributed by atoms with Crippen LogP contribution in [0.2, 0.25) is 5.02 Å². The normalized spacial score (nSPS) is 15.6. The van der Waals surface area contributed by atoms with E-state index in [1.54, 1.807) is 31.4 Å². The predicted octanol–water partition coefficient (Wildman–Crippen LogP) is 4.20. The average Bonchev–Trinajstić information content (AvgIpc) is 2.54. The highest BCUT2D eigenvalue weighted by Crippen LogP contribution is 2.46. The van der Waals surface area contributed by atoms with E-state index in [0.717, 1.165) is 18.6 Å². The van der Waals surface area contributed by atoms with Crippen LogP contribution in [0.15, 0.2) is 48.5 Å². The maximum atomic E-state index is 12.4. The zero-order chi connectivity index (χ0) is 16.3. The lowest BCUT2D eigenvalue weighted by Crippen LogP contribution is -2.45. The van der Waals surface area contributed by atoms with Crippen molar-refractivity contribution in [3.8, 4) is 5.75 Å². The first-order valence-corrected chi connectivity index (χ1v) is 8.20. The first-order valence-electron chi connectivity index (χ1n) is 7.82. The third-order valence-corrected chi connectivity index (χ3v) is 4.90. The van der Waals surface area contributed by atoms with Gasteiger partial charge in [-0.25, -0.2) is 0 Å². The number of ether oxygens (including phenoxy) is 1. The Kier molecular flexibility index (Phi) is 4.58. The van der Waals surface area contributed by atoms with Crippen molar-refractivity contribution in [2.24, 2.45) is 0 Å². The van der Waals surface area contributed by atoms with E-state index in [1.807, 2.05) is 18.2 Å². The van der Waals surface area contributed by atoms with Gasteiger partial charge in [-0.3, -0.25) is 4.79 Å². The number of carbonyl (C=O) groups is 1. The van der Waals surface area contributed by atoms with E-state index in [1.165, 1.54) is 12.0 Å². The molecule has 1 N–H and O–H groups in total. The van der Waals surface area contributed by atoms with Crippen molar-refractivity contribution >= 4 is 17.5 Å². The van der Waals surface area contributed by atoms with Gasteiger partial charge in [-0.15, -0.1) is 0 Å². The van der Waals surface area contributed by atoms with Crippen LogP contribution in [0.1, 0.15) is 35.2 Å². The van der Waals surface area contributed by atoms with Crippen molar-refractivity contribution in [3.05, 3.63) is 64.7 Å². The number of amides is 1. The molecule has 1 amide bonds. The van der Waals surface area contributed by atoms with Crippen LogP contribution in [-0.2, 0) is 5.41 Å². The van der Waals surface area contributed by atoms with Crippen LogP contribution in [-0.4, -0.2) is 19.6 Å². The molecule has 120 valence electrons. The molecule has 3 rings (SSSR count). The van der Waals surface area contributed by atoms with Gasteiger partial charge >= 0.3 is 0 Å². The monoisotopic (exact) mass is 329 g/mol. The highest BCUT2D eigenvalue weighted by atomic mass is 35.5. The van der Waals surface area contributed by atoms with E-state index in [4.69, 9.17) is 16.3 Å². The SMILES string of the molecule is COc1ccccc1C1(CNC(=O)c2cccc(Cl)c2)CCC1. The van der Waals surface area contributed by atoms with E-state index in [0.29, 0.717) is 17.1 Å². The summed E-state index contributed by atoms with van der Waals surface area (Å²) in [5.41, 5.74) is 1.74. The molecule has 23 heavy (non-hydrogen) atoms. The lowest BCUT2D eigenvalue weighted by atomic mass is 9.64. The quantitative estimate of drug-likeness (QED) is 0.892. The minimum Gasteiger partial charge on any atom is -0.496 e. The summed E-state index contributed by atoms with van der Waals surface area (Å²) in [6.45, 7) is 0.610. The molecular formula is C19H20ClNO2. The van der Waals surface area contributed by atoms with Gasteiger partial charge < -0.3 is 10.1 Å². The number of rotatable bonds is 5. The minimum atomic E-state index is -0.0892. The van der Waals surface area contributed by atoms with Crippen LogP contribution < -0.4 is 10.1 Å². The summed E-state index contributed by atoms with van der Waals surface area (Å²) in [6, 6.07) is 15.1. The largest absolute Gasteiger partial charge is 0.496 e. The van der Waals surface area contributed by atoms with E-state index in [2.05, 4.69) is 11.4 Å². The number of para-hydroxylation sites is 1. The van der Waals surface area contributed by atoms with E-state index in [-0.39, 0.29) is 11.3 Å². The molecule has 0 heterocycles. The molecule has 2 aromatic rings. The fourth-order valence-corrected chi connectivity index (χ4v) is 3.40. The maximum Gasteiger partial charge on any atom is 0.251 e. The van der Waals surface area contributed by atoms with Gasteiger partial charge in [0, 0.05) is 28.1 Å². The molecule has 0 aromatic heterocycles. The Morgan fingerprint density at radius 3 is 2.65 bits per heavy atom. The van der Waals surface area contributed by atoms with Crippen molar-refractivity contribution in [2.45, 2.75) is 24.7 Å². The Hall–Kier alpha value is -2.00. The molecule has 0 aliphatic heterocycles. The van der Waals surface area contributed by atoms with Crippen molar-refractivity contribution in [1.82, 2.24) is 5.32 Å². The molecular weight excluding hydrogens is 310 g/mol. The first-order chi connectivity index (χ1) is 11.1. The van der Waals surface area contributed by atoms with Gasteiger partial charge in [0.2, 0.25) is 0 Å². The van der Waals surface area contributed by atoms with Gasteiger partial charge in [-0.1, -0.05) is 42.3 Å². The van der Waals surface area contributed by atoms with Gasteiger partial charge in [0.15, 0.2) is 0 Å². The summed E-state index contributed by atoms with van der Waals surface area (Å²) in [5, 5.41) is 3.64. The third kappa shape index (κ3) is 3.20. The summed E-state index contributed by atoms with van der Waals surface area (Å²) in [4.78, 5) is 12.4. The second-order valence-electron chi connectivity index (χ2n) is 6.03. The Labute approximate surface area is 141 Å². The number of benzene rings is 2. The molecule has 1 aliphatic carbocycles. The molecule has 0 atom stereocenters. The lowest BCUT2D eigenvalue weighted by Gasteiger charge is -2.43. The summed E-state index contributed by atoms with van der Waals surface area (Å²) in [7, 11) is 1.69. The summed E-state index contributed by atoms with van der Waals surface area (Å²) < 4.78 is 5.50. The molecule has 0 saturated heterocycles. The van der Waals surface area contributed by atoms with E-state index < -0.39 is 0 Å². The van der Waals surface area contributed by atoms with Gasteiger partial charge in [-0.2, -0.15) is 0 Å². The molecule has 0 unspecified atom stereocenters. The van der Waals surface area contributed by atoms with Gasteiger partial charge in [0.25, 0.3) is 5.91 Å². The van der Waals surface area contributed by atoms with Crippen molar-refractivity contribution in [2.75, 3.05) is 13.7 Å². The Balaban J connectivity index is 1.76. The molecule has 0 bridgehead atoms. The van der Waals surface area contributed by atoms with Crippen LogP contribution in [0.5, 0.6) is 5.75 Å². The smallest absolute Gasteiger partial charge is 0.251 e. The molecule has 1 aliphatic rings. The summed E-state index contributed by atoms with van der Waals surface area (Å²) in [6.07, 6.45) is 3.29.